The van der Waals surface area contributed by atoms with Crippen LogP contribution in [0.1, 0.15) is 39.0 Å². The second-order valence-electron chi connectivity index (χ2n) is 5.59. The smallest absolute Gasteiger partial charge is 0.242 e. The summed E-state index contributed by atoms with van der Waals surface area (Å²) >= 11 is 0. The minimum atomic E-state index is -0.546. The molecule has 1 rings (SSSR count). The Balaban J connectivity index is 2.37. The van der Waals surface area contributed by atoms with Crippen LogP contribution in [-0.2, 0) is 9.59 Å². The van der Waals surface area contributed by atoms with Gasteiger partial charge in [0.05, 0.1) is 0 Å². The predicted molar refractivity (Wildman–Crippen MR) is 86.2 cm³/mol. The molecule has 0 aromatic carbocycles. The normalized spacial score (nSPS) is 19.0. The van der Waals surface area contributed by atoms with Gasteiger partial charge >= 0.3 is 0 Å². The van der Waals surface area contributed by atoms with E-state index >= 15 is 0 Å². The Morgan fingerprint density at radius 1 is 1.36 bits per heavy atom. The number of nitrogens with zero attached hydrogens (tertiary/aromatic N) is 1. The third kappa shape index (κ3) is 7.82. The summed E-state index contributed by atoms with van der Waals surface area (Å²) in [5.74, 6) is -0.353. The Kier molecular flexibility index (Phi) is 8.27. The first-order valence-electron chi connectivity index (χ1n) is 7.82. The third-order valence-electron chi connectivity index (χ3n) is 3.57. The van der Waals surface area contributed by atoms with Gasteiger partial charge in [0.2, 0.25) is 11.8 Å². The number of rotatable bonds is 8. The van der Waals surface area contributed by atoms with Gasteiger partial charge in [-0.2, -0.15) is 0 Å². The predicted octanol–water partition coefficient (Wildman–Crippen LogP) is -1.20. The summed E-state index contributed by atoms with van der Waals surface area (Å²) < 4.78 is 0. The first-order chi connectivity index (χ1) is 10.5. The van der Waals surface area contributed by atoms with Crippen molar-refractivity contribution in [2.45, 2.75) is 51.1 Å². The van der Waals surface area contributed by atoms with Crippen molar-refractivity contribution >= 4 is 17.8 Å². The average molecular weight is 312 g/mol. The van der Waals surface area contributed by atoms with Crippen molar-refractivity contribution in [1.82, 2.24) is 16.0 Å². The summed E-state index contributed by atoms with van der Waals surface area (Å²) in [6.45, 7) is 3.42. The summed E-state index contributed by atoms with van der Waals surface area (Å²) in [6, 6.07) is -0.229. The number of hydrogen-bond acceptors (Lipinski definition) is 4. The summed E-state index contributed by atoms with van der Waals surface area (Å²) in [7, 11) is 0. The number of nitrogens with two attached hydrogens (primary N) is 2. The molecule has 0 aromatic heterocycles. The van der Waals surface area contributed by atoms with Gasteiger partial charge in [-0.05, 0) is 32.2 Å². The van der Waals surface area contributed by atoms with Crippen molar-refractivity contribution in [3.05, 3.63) is 0 Å². The molecule has 2 atom stereocenters. The third-order valence-corrected chi connectivity index (χ3v) is 3.57. The number of aliphatic imine (C=N–C) groups is 1. The van der Waals surface area contributed by atoms with Gasteiger partial charge in [0.1, 0.15) is 6.04 Å². The van der Waals surface area contributed by atoms with E-state index in [1.54, 1.807) is 0 Å². The molecule has 22 heavy (non-hydrogen) atoms. The molecule has 1 fully saturated rings. The van der Waals surface area contributed by atoms with Crippen molar-refractivity contribution in [3.63, 3.8) is 0 Å². The molecule has 0 aromatic rings. The van der Waals surface area contributed by atoms with Gasteiger partial charge < -0.3 is 27.4 Å². The molecule has 0 bridgehead atoms. The molecule has 0 radical (unpaired) electrons. The van der Waals surface area contributed by atoms with E-state index in [9.17, 15) is 9.59 Å². The Labute approximate surface area is 131 Å². The molecule has 1 unspecified atom stereocenters. The Morgan fingerprint density at radius 2 is 2.14 bits per heavy atom. The maximum atomic E-state index is 12.2. The van der Waals surface area contributed by atoms with Crippen LogP contribution in [0, 0.1) is 0 Å². The number of nitrogens with one attached hydrogen (secondary N) is 3. The van der Waals surface area contributed by atoms with E-state index in [1.807, 2.05) is 0 Å². The summed E-state index contributed by atoms with van der Waals surface area (Å²) in [5.41, 5.74) is 10.5. The molecule has 8 heteroatoms. The van der Waals surface area contributed by atoms with Crippen LogP contribution in [0.25, 0.3) is 0 Å². The molecule has 1 heterocycles. The molecule has 0 aliphatic carbocycles. The fourth-order valence-corrected chi connectivity index (χ4v) is 2.46. The second kappa shape index (κ2) is 9.99. The van der Waals surface area contributed by atoms with Crippen molar-refractivity contribution in [3.8, 4) is 0 Å². The van der Waals surface area contributed by atoms with Crippen molar-refractivity contribution in [1.29, 1.82) is 0 Å². The lowest BCUT2D eigenvalue weighted by Crippen LogP contribution is -2.50. The molecule has 1 aliphatic heterocycles. The maximum absolute atomic E-state index is 12.2. The van der Waals surface area contributed by atoms with Gasteiger partial charge in [-0.25, -0.2) is 0 Å². The standard InChI is InChI=1S/C14H28N6O2/c1-10(21)20-12(6-4-8-18-14(15)16)13(22)19-9-11-5-2-3-7-17-11/h11-12,17H,2-9H2,1H3,(H,19,22)(H,20,21)(H4,15,16,18)/t11?,12-/m1/s1. The zero-order chi connectivity index (χ0) is 16.4. The molecule has 0 saturated carbocycles. The van der Waals surface area contributed by atoms with Crippen LogP contribution in [0.15, 0.2) is 4.99 Å². The lowest BCUT2D eigenvalue weighted by Gasteiger charge is -2.25. The van der Waals surface area contributed by atoms with Crippen molar-refractivity contribution in [2.24, 2.45) is 16.5 Å². The summed E-state index contributed by atoms with van der Waals surface area (Å²) in [6.07, 6.45) is 4.55. The molecule has 8 nitrogen and oxygen atoms in total. The highest BCUT2D eigenvalue weighted by Gasteiger charge is 2.20. The van der Waals surface area contributed by atoms with Crippen molar-refractivity contribution < 1.29 is 9.59 Å². The van der Waals surface area contributed by atoms with Crippen LogP contribution in [0.2, 0.25) is 0 Å². The van der Waals surface area contributed by atoms with Crippen LogP contribution in [0.4, 0.5) is 0 Å². The maximum Gasteiger partial charge on any atom is 0.242 e. The Bertz CT molecular complexity index is 389. The van der Waals surface area contributed by atoms with E-state index in [0.717, 1.165) is 13.0 Å². The van der Waals surface area contributed by atoms with E-state index < -0.39 is 6.04 Å². The van der Waals surface area contributed by atoms with Crippen LogP contribution < -0.4 is 27.4 Å². The van der Waals surface area contributed by atoms with Gasteiger partial charge in [-0.3, -0.25) is 14.6 Å². The zero-order valence-corrected chi connectivity index (χ0v) is 13.2. The van der Waals surface area contributed by atoms with E-state index in [1.165, 1.54) is 19.8 Å². The number of guanidine groups is 1. The topological polar surface area (TPSA) is 135 Å². The van der Waals surface area contributed by atoms with E-state index in [2.05, 4.69) is 20.9 Å². The Hall–Kier alpha value is -1.83. The van der Waals surface area contributed by atoms with Crippen LogP contribution in [-0.4, -0.2) is 49.5 Å². The minimum absolute atomic E-state index is 0.0314. The van der Waals surface area contributed by atoms with Gasteiger partial charge in [-0.1, -0.05) is 6.42 Å². The van der Waals surface area contributed by atoms with Crippen LogP contribution in [0.5, 0.6) is 0 Å². The molecular weight excluding hydrogens is 284 g/mol. The highest BCUT2D eigenvalue weighted by atomic mass is 16.2. The van der Waals surface area contributed by atoms with Crippen LogP contribution in [0.3, 0.4) is 0 Å². The van der Waals surface area contributed by atoms with Gasteiger partial charge in [0.25, 0.3) is 0 Å². The number of amides is 2. The first-order valence-corrected chi connectivity index (χ1v) is 7.82. The molecule has 126 valence electrons. The quantitative estimate of drug-likeness (QED) is 0.218. The van der Waals surface area contributed by atoms with E-state index in [0.29, 0.717) is 32.0 Å². The average Bonchev–Trinajstić information content (AvgIpc) is 2.48. The number of piperidine rings is 1. The minimum Gasteiger partial charge on any atom is -0.370 e. The molecule has 2 amide bonds. The lowest BCUT2D eigenvalue weighted by molar-refractivity contribution is -0.128. The molecular formula is C14H28N6O2. The van der Waals surface area contributed by atoms with Crippen LogP contribution >= 0.6 is 0 Å². The molecule has 1 aliphatic rings. The number of carbonyl (C=O) groups excluding carboxylic acids is 2. The zero-order valence-electron chi connectivity index (χ0n) is 13.2. The Morgan fingerprint density at radius 3 is 2.73 bits per heavy atom. The lowest BCUT2D eigenvalue weighted by atomic mass is 10.0. The fourth-order valence-electron chi connectivity index (χ4n) is 2.46. The largest absolute Gasteiger partial charge is 0.370 e. The summed E-state index contributed by atoms with van der Waals surface area (Å²) in [4.78, 5) is 27.3. The van der Waals surface area contributed by atoms with E-state index in [4.69, 9.17) is 11.5 Å². The molecule has 7 N–H and O–H groups in total. The second-order valence-corrected chi connectivity index (χ2v) is 5.59. The fraction of sp³-hybridized carbons (Fsp3) is 0.786. The van der Waals surface area contributed by atoms with Gasteiger partial charge in [0.15, 0.2) is 5.96 Å². The monoisotopic (exact) mass is 312 g/mol. The van der Waals surface area contributed by atoms with Crippen molar-refractivity contribution in [2.75, 3.05) is 19.6 Å². The highest BCUT2D eigenvalue weighted by molar-refractivity contribution is 5.86. The number of carbonyl (C=O) groups is 2. The first kappa shape index (κ1) is 18.2. The number of hydrogen-bond donors (Lipinski definition) is 5. The summed E-state index contributed by atoms with van der Waals surface area (Å²) in [5, 5.41) is 8.95. The van der Waals surface area contributed by atoms with E-state index in [-0.39, 0.29) is 17.8 Å². The molecule has 1 saturated heterocycles. The highest BCUT2D eigenvalue weighted by Crippen LogP contribution is 2.06. The van der Waals surface area contributed by atoms with Gasteiger partial charge in [-0.15, -0.1) is 0 Å². The van der Waals surface area contributed by atoms with Gasteiger partial charge in [0, 0.05) is 26.1 Å². The molecule has 0 spiro atoms. The SMILES string of the molecule is CC(=O)N[C@H](CCCN=C(N)N)C(=O)NCC1CCCCN1.